The van der Waals surface area contributed by atoms with Crippen LogP contribution in [-0.4, -0.2) is 32.3 Å². The molecule has 0 fully saturated rings. The van der Waals surface area contributed by atoms with Crippen LogP contribution in [-0.2, 0) is 9.47 Å². The van der Waals surface area contributed by atoms with E-state index in [1.54, 1.807) is 32.2 Å². The van der Waals surface area contributed by atoms with Crippen LogP contribution in [0.15, 0.2) is 18.2 Å². The van der Waals surface area contributed by atoms with Crippen LogP contribution in [0.4, 0.5) is 11.4 Å². The highest BCUT2D eigenvalue weighted by molar-refractivity contribution is 5.92. The Morgan fingerprint density at radius 3 is 2.84 bits per heavy atom. The number of ether oxygens (including phenoxy) is 2. The summed E-state index contributed by atoms with van der Waals surface area (Å²) in [5.41, 5.74) is 7.75. The number of nitrogen functional groups attached to an aromatic ring is 1. The molecule has 106 valence electrons. The Morgan fingerprint density at radius 2 is 2.21 bits per heavy atom. The number of benzene rings is 1. The van der Waals surface area contributed by atoms with E-state index in [1.165, 1.54) is 0 Å². The summed E-state index contributed by atoms with van der Waals surface area (Å²) in [4.78, 5) is 11.7. The number of hydrogen-bond acceptors (Lipinski definition) is 5. The second kappa shape index (κ2) is 7.63. The number of nitrogens with two attached hydrogens (primary N) is 1. The molecule has 0 saturated heterocycles. The first-order valence-corrected chi connectivity index (χ1v) is 6.40. The number of rotatable bonds is 7. The van der Waals surface area contributed by atoms with Gasteiger partial charge in [0.15, 0.2) is 0 Å². The number of esters is 1. The maximum atomic E-state index is 11.7. The fourth-order valence-corrected chi connectivity index (χ4v) is 1.65. The highest BCUT2D eigenvalue weighted by Crippen LogP contribution is 2.22. The molecule has 1 rings (SSSR count). The van der Waals surface area contributed by atoms with Crippen LogP contribution < -0.4 is 11.1 Å². The van der Waals surface area contributed by atoms with E-state index >= 15 is 0 Å². The summed E-state index contributed by atoms with van der Waals surface area (Å²) in [7, 11) is 1.67. The summed E-state index contributed by atoms with van der Waals surface area (Å²) >= 11 is 0. The highest BCUT2D eigenvalue weighted by Gasteiger charge is 2.10. The van der Waals surface area contributed by atoms with Gasteiger partial charge < -0.3 is 20.5 Å². The van der Waals surface area contributed by atoms with Gasteiger partial charge in [0.2, 0.25) is 0 Å². The maximum Gasteiger partial charge on any atom is 0.338 e. The van der Waals surface area contributed by atoms with E-state index in [-0.39, 0.29) is 12.0 Å². The van der Waals surface area contributed by atoms with Crippen molar-refractivity contribution in [3.8, 4) is 0 Å². The van der Waals surface area contributed by atoms with Crippen molar-refractivity contribution in [3.63, 3.8) is 0 Å². The predicted octanol–water partition coefficient (Wildman–Crippen LogP) is 2.28. The predicted molar refractivity (Wildman–Crippen MR) is 76.4 cm³/mol. The van der Waals surface area contributed by atoms with Crippen LogP contribution in [0.1, 0.15) is 30.6 Å². The quantitative estimate of drug-likeness (QED) is 0.585. The molecule has 0 aliphatic rings. The minimum Gasteiger partial charge on any atom is -0.462 e. The SMILES string of the molecule is CCOC(=O)c1ccc(N)c(NC(C)CCOC)c1. The summed E-state index contributed by atoms with van der Waals surface area (Å²) in [5.74, 6) is -0.338. The van der Waals surface area contributed by atoms with Gasteiger partial charge in [-0.3, -0.25) is 0 Å². The molecule has 5 heteroatoms. The molecule has 0 bridgehead atoms. The molecule has 0 radical (unpaired) electrons. The van der Waals surface area contributed by atoms with Crippen molar-refractivity contribution in [2.45, 2.75) is 26.3 Å². The van der Waals surface area contributed by atoms with E-state index in [9.17, 15) is 4.79 Å². The first-order valence-electron chi connectivity index (χ1n) is 6.40. The molecular weight excluding hydrogens is 244 g/mol. The fraction of sp³-hybridized carbons (Fsp3) is 0.500. The van der Waals surface area contributed by atoms with E-state index in [0.29, 0.717) is 24.5 Å². The molecule has 0 heterocycles. The third-order valence-corrected chi connectivity index (χ3v) is 2.72. The van der Waals surface area contributed by atoms with Crippen LogP contribution in [0.2, 0.25) is 0 Å². The summed E-state index contributed by atoms with van der Waals surface area (Å²) in [6.07, 6.45) is 0.861. The van der Waals surface area contributed by atoms with Crippen LogP contribution in [0.25, 0.3) is 0 Å². The molecule has 0 saturated carbocycles. The molecule has 5 nitrogen and oxygen atoms in total. The molecule has 3 N–H and O–H groups in total. The number of methoxy groups -OCH3 is 1. The van der Waals surface area contributed by atoms with Crippen molar-refractivity contribution < 1.29 is 14.3 Å². The largest absolute Gasteiger partial charge is 0.462 e. The molecule has 0 aromatic heterocycles. The van der Waals surface area contributed by atoms with Crippen molar-refractivity contribution in [2.75, 3.05) is 31.4 Å². The highest BCUT2D eigenvalue weighted by atomic mass is 16.5. The Hall–Kier alpha value is -1.75. The van der Waals surface area contributed by atoms with Gasteiger partial charge in [-0.05, 0) is 38.5 Å². The van der Waals surface area contributed by atoms with Crippen molar-refractivity contribution in [2.24, 2.45) is 0 Å². The average Bonchev–Trinajstić information content (AvgIpc) is 2.39. The Kier molecular flexibility index (Phi) is 6.15. The van der Waals surface area contributed by atoms with Crippen LogP contribution in [0.5, 0.6) is 0 Å². The molecule has 1 atom stereocenters. The zero-order chi connectivity index (χ0) is 14.3. The van der Waals surface area contributed by atoms with Crippen molar-refractivity contribution in [1.29, 1.82) is 0 Å². The Morgan fingerprint density at radius 1 is 1.47 bits per heavy atom. The molecule has 1 aromatic rings. The number of nitrogens with one attached hydrogen (secondary N) is 1. The molecule has 0 aliphatic carbocycles. The van der Waals surface area contributed by atoms with Crippen molar-refractivity contribution in [1.82, 2.24) is 0 Å². The second-order valence-electron chi connectivity index (χ2n) is 4.35. The smallest absolute Gasteiger partial charge is 0.338 e. The molecule has 1 aromatic carbocycles. The summed E-state index contributed by atoms with van der Waals surface area (Å²) in [5, 5.41) is 3.27. The zero-order valence-electron chi connectivity index (χ0n) is 11.7. The maximum absolute atomic E-state index is 11.7. The Balaban J connectivity index is 2.76. The average molecular weight is 266 g/mol. The zero-order valence-corrected chi connectivity index (χ0v) is 11.7. The molecule has 0 spiro atoms. The van der Waals surface area contributed by atoms with Gasteiger partial charge in [-0.15, -0.1) is 0 Å². The number of carbonyl (C=O) groups is 1. The van der Waals surface area contributed by atoms with Crippen LogP contribution in [0, 0.1) is 0 Å². The standard InChI is InChI=1S/C14H22N2O3/c1-4-19-14(17)11-5-6-12(15)13(9-11)16-10(2)7-8-18-3/h5-6,9-10,16H,4,7-8,15H2,1-3H3. The molecule has 19 heavy (non-hydrogen) atoms. The Labute approximate surface area is 114 Å². The van der Waals surface area contributed by atoms with Gasteiger partial charge in [-0.2, -0.15) is 0 Å². The lowest BCUT2D eigenvalue weighted by atomic mass is 10.1. The molecule has 0 aliphatic heterocycles. The number of hydrogen-bond donors (Lipinski definition) is 2. The van der Waals surface area contributed by atoms with Gasteiger partial charge in [-0.1, -0.05) is 0 Å². The lowest BCUT2D eigenvalue weighted by Gasteiger charge is -2.17. The minimum atomic E-state index is -0.338. The third-order valence-electron chi connectivity index (χ3n) is 2.72. The van der Waals surface area contributed by atoms with Gasteiger partial charge in [0.1, 0.15) is 0 Å². The van der Waals surface area contributed by atoms with Gasteiger partial charge in [0, 0.05) is 19.8 Å². The van der Waals surface area contributed by atoms with E-state index in [2.05, 4.69) is 5.32 Å². The van der Waals surface area contributed by atoms with Gasteiger partial charge in [-0.25, -0.2) is 4.79 Å². The van der Waals surface area contributed by atoms with Gasteiger partial charge in [0.25, 0.3) is 0 Å². The monoisotopic (exact) mass is 266 g/mol. The summed E-state index contributed by atoms with van der Waals surface area (Å²) in [6.45, 7) is 4.85. The van der Waals surface area contributed by atoms with Gasteiger partial charge >= 0.3 is 5.97 Å². The summed E-state index contributed by atoms with van der Waals surface area (Å²) in [6, 6.07) is 5.30. The number of carbonyl (C=O) groups excluding carboxylic acids is 1. The van der Waals surface area contributed by atoms with Gasteiger partial charge in [0.05, 0.1) is 23.5 Å². The first kappa shape index (κ1) is 15.3. The second-order valence-corrected chi connectivity index (χ2v) is 4.35. The van der Waals surface area contributed by atoms with Crippen molar-refractivity contribution >= 4 is 17.3 Å². The molecule has 1 unspecified atom stereocenters. The van der Waals surface area contributed by atoms with E-state index in [1.807, 2.05) is 6.92 Å². The van der Waals surface area contributed by atoms with Crippen LogP contribution in [0.3, 0.4) is 0 Å². The topological polar surface area (TPSA) is 73.6 Å². The normalized spacial score (nSPS) is 11.9. The molecular formula is C14H22N2O3. The first-order chi connectivity index (χ1) is 9.08. The molecule has 0 amide bonds. The fourth-order valence-electron chi connectivity index (χ4n) is 1.65. The van der Waals surface area contributed by atoms with E-state index in [0.717, 1.165) is 12.1 Å². The van der Waals surface area contributed by atoms with E-state index < -0.39 is 0 Å². The number of anilines is 2. The minimum absolute atomic E-state index is 0.208. The Bertz CT molecular complexity index is 421. The van der Waals surface area contributed by atoms with Crippen LogP contribution >= 0.6 is 0 Å². The lowest BCUT2D eigenvalue weighted by molar-refractivity contribution is 0.0526. The van der Waals surface area contributed by atoms with E-state index in [4.69, 9.17) is 15.2 Å². The summed E-state index contributed by atoms with van der Waals surface area (Å²) < 4.78 is 9.99. The lowest BCUT2D eigenvalue weighted by Crippen LogP contribution is -2.18. The van der Waals surface area contributed by atoms with Crippen molar-refractivity contribution in [3.05, 3.63) is 23.8 Å². The third kappa shape index (κ3) is 4.79.